The van der Waals surface area contributed by atoms with Crippen LogP contribution in [-0.2, 0) is 11.3 Å². The normalized spacial score (nSPS) is 11.1. The fraction of sp³-hybridized carbons (Fsp3) is 0.0909. The number of nitrogens with zero attached hydrogens (tertiary/aromatic N) is 1. The molecule has 4 rings (SSSR count). The lowest BCUT2D eigenvalue weighted by Crippen LogP contribution is -2.22. The lowest BCUT2D eigenvalue weighted by Gasteiger charge is -2.16. The van der Waals surface area contributed by atoms with Crippen LogP contribution in [0.25, 0.3) is 21.8 Å². The van der Waals surface area contributed by atoms with Crippen molar-refractivity contribution in [3.8, 4) is 5.75 Å². The van der Waals surface area contributed by atoms with Gasteiger partial charge in [0.1, 0.15) is 12.3 Å². The Labute approximate surface area is 164 Å². The highest BCUT2D eigenvalue weighted by Gasteiger charge is 2.15. The Morgan fingerprint density at radius 3 is 2.07 bits per heavy atom. The zero-order valence-electron chi connectivity index (χ0n) is 15.1. The second kappa shape index (κ2) is 7.71. The maximum atomic E-state index is 12.8. The van der Waals surface area contributed by atoms with Crippen LogP contribution in [0, 0.1) is 0 Å². The molecule has 1 heterocycles. The van der Waals surface area contributed by atoms with E-state index in [9.17, 15) is 18.4 Å². The number of anilines is 1. The number of carbonyl (C=O) groups excluding carboxylic acids is 1. The molecule has 4 aromatic rings. The zero-order chi connectivity index (χ0) is 20.4. The first-order valence-electron chi connectivity index (χ1n) is 8.88. The Balaban J connectivity index is 1.74. The van der Waals surface area contributed by atoms with Crippen LogP contribution >= 0.6 is 0 Å². The summed E-state index contributed by atoms with van der Waals surface area (Å²) in [7, 11) is 0. The van der Waals surface area contributed by atoms with E-state index in [2.05, 4.69) is 10.1 Å². The molecule has 0 atom stereocenters. The van der Waals surface area contributed by atoms with E-state index in [0.29, 0.717) is 21.8 Å². The minimum atomic E-state index is -3.00. The molecule has 0 spiro atoms. The third kappa shape index (κ3) is 3.67. The molecule has 0 aliphatic rings. The monoisotopic (exact) mass is 394 g/mol. The number of pyridine rings is 1. The van der Waals surface area contributed by atoms with Gasteiger partial charge >= 0.3 is 6.61 Å². The number of benzene rings is 3. The SMILES string of the molecule is O=C(Cn1c2ccccc2c(=O)c2ccccc21)Nc1ccccc1OC(F)F. The number of alkyl halides is 2. The summed E-state index contributed by atoms with van der Waals surface area (Å²) in [4.78, 5) is 25.5. The van der Waals surface area contributed by atoms with Gasteiger partial charge in [0, 0.05) is 10.8 Å². The van der Waals surface area contributed by atoms with Gasteiger partial charge in [-0.3, -0.25) is 9.59 Å². The van der Waals surface area contributed by atoms with E-state index in [-0.39, 0.29) is 23.4 Å². The van der Waals surface area contributed by atoms with Crippen molar-refractivity contribution in [1.29, 1.82) is 0 Å². The Morgan fingerprint density at radius 2 is 1.45 bits per heavy atom. The first-order chi connectivity index (χ1) is 14.0. The van der Waals surface area contributed by atoms with Crippen LogP contribution < -0.4 is 15.5 Å². The van der Waals surface area contributed by atoms with Crippen LogP contribution in [0.3, 0.4) is 0 Å². The molecule has 29 heavy (non-hydrogen) atoms. The predicted molar refractivity (Wildman–Crippen MR) is 107 cm³/mol. The van der Waals surface area contributed by atoms with Crippen molar-refractivity contribution in [3.63, 3.8) is 0 Å². The first-order valence-corrected chi connectivity index (χ1v) is 8.88. The largest absolute Gasteiger partial charge is 0.433 e. The van der Waals surface area contributed by atoms with Gasteiger partial charge in [0.05, 0.1) is 16.7 Å². The van der Waals surface area contributed by atoms with Gasteiger partial charge < -0.3 is 14.6 Å². The molecule has 0 bridgehead atoms. The van der Waals surface area contributed by atoms with Gasteiger partial charge in [0.15, 0.2) is 5.43 Å². The zero-order valence-corrected chi connectivity index (χ0v) is 15.1. The summed E-state index contributed by atoms with van der Waals surface area (Å²) >= 11 is 0. The molecule has 1 N–H and O–H groups in total. The quantitative estimate of drug-likeness (QED) is 0.511. The van der Waals surface area contributed by atoms with Gasteiger partial charge in [-0.15, -0.1) is 0 Å². The van der Waals surface area contributed by atoms with Crippen LogP contribution in [-0.4, -0.2) is 17.1 Å². The Hall–Kier alpha value is -3.74. The Bertz CT molecular complexity index is 1210. The fourth-order valence-electron chi connectivity index (χ4n) is 3.35. The summed E-state index contributed by atoms with van der Waals surface area (Å²) in [5.74, 6) is -0.556. The van der Waals surface area contributed by atoms with E-state index in [1.54, 1.807) is 59.2 Å². The molecule has 0 saturated carbocycles. The van der Waals surface area contributed by atoms with Gasteiger partial charge in [-0.2, -0.15) is 8.78 Å². The summed E-state index contributed by atoms with van der Waals surface area (Å²) in [6.45, 7) is -3.11. The molecule has 0 fully saturated rings. The number of hydrogen-bond donors (Lipinski definition) is 1. The second-order valence-corrected chi connectivity index (χ2v) is 6.37. The average Bonchev–Trinajstić information content (AvgIpc) is 2.72. The molecule has 3 aromatic carbocycles. The van der Waals surface area contributed by atoms with E-state index < -0.39 is 12.5 Å². The molecule has 5 nitrogen and oxygen atoms in total. The average molecular weight is 394 g/mol. The number of carbonyl (C=O) groups is 1. The number of aromatic nitrogens is 1. The number of halogens is 2. The van der Waals surface area contributed by atoms with Crippen LogP contribution in [0.5, 0.6) is 5.75 Å². The molecular formula is C22H16F2N2O3. The van der Waals surface area contributed by atoms with Crippen molar-refractivity contribution in [2.24, 2.45) is 0 Å². The molecule has 0 saturated heterocycles. The van der Waals surface area contributed by atoms with Crippen molar-refractivity contribution in [2.45, 2.75) is 13.2 Å². The number of para-hydroxylation sites is 4. The van der Waals surface area contributed by atoms with Gasteiger partial charge in [-0.1, -0.05) is 36.4 Å². The highest BCUT2D eigenvalue weighted by Crippen LogP contribution is 2.26. The highest BCUT2D eigenvalue weighted by molar-refractivity contribution is 5.97. The van der Waals surface area contributed by atoms with Crippen molar-refractivity contribution in [1.82, 2.24) is 4.57 Å². The molecule has 1 amide bonds. The third-order valence-electron chi connectivity index (χ3n) is 4.56. The maximum absolute atomic E-state index is 12.8. The topological polar surface area (TPSA) is 60.3 Å². The molecular weight excluding hydrogens is 378 g/mol. The number of fused-ring (bicyclic) bond motifs is 2. The number of amides is 1. The minimum Gasteiger partial charge on any atom is -0.433 e. The number of nitrogens with one attached hydrogen (secondary N) is 1. The summed E-state index contributed by atoms with van der Waals surface area (Å²) in [5, 5.41) is 3.61. The molecule has 146 valence electrons. The van der Waals surface area contributed by atoms with E-state index in [4.69, 9.17) is 0 Å². The van der Waals surface area contributed by atoms with Gasteiger partial charge in [-0.25, -0.2) is 0 Å². The molecule has 0 aliphatic carbocycles. The third-order valence-corrected chi connectivity index (χ3v) is 4.56. The molecule has 1 aromatic heterocycles. The van der Waals surface area contributed by atoms with E-state index in [1.807, 2.05) is 0 Å². The Morgan fingerprint density at radius 1 is 0.897 bits per heavy atom. The summed E-state index contributed by atoms with van der Waals surface area (Å²) in [5.41, 5.74) is 1.27. The van der Waals surface area contributed by atoms with Crippen LogP contribution in [0.2, 0.25) is 0 Å². The van der Waals surface area contributed by atoms with Crippen molar-refractivity contribution in [2.75, 3.05) is 5.32 Å². The first kappa shape index (κ1) is 18.6. The van der Waals surface area contributed by atoms with Crippen LogP contribution in [0.15, 0.2) is 77.6 Å². The summed E-state index contributed by atoms with van der Waals surface area (Å²) < 4.78 is 31.4. The van der Waals surface area contributed by atoms with Crippen molar-refractivity contribution >= 4 is 33.4 Å². The van der Waals surface area contributed by atoms with Crippen molar-refractivity contribution in [3.05, 3.63) is 83.0 Å². The van der Waals surface area contributed by atoms with Crippen molar-refractivity contribution < 1.29 is 18.3 Å². The fourth-order valence-corrected chi connectivity index (χ4v) is 3.35. The summed E-state index contributed by atoms with van der Waals surface area (Å²) in [6, 6.07) is 20.1. The lowest BCUT2D eigenvalue weighted by atomic mass is 10.1. The Kier molecular flexibility index (Phi) is 4.95. The van der Waals surface area contributed by atoms with Gasteiger partial charge in [0.2, 0.25) is 5.91 Å². The number of ether oxygens (including phenoxy) is 1. The van der Waals surface area contributed by atoms with Crippen LogP contribution in [0.1, 0.15) is 0 Å². The van der Waals surface area contributed by atoms with Gasteiger partial charge in [0.25, 0.3) is 0 Å². The van der Waals surface area contributed by atoms with E-state index >= 15 is 0 Å². The van der Waals surface area contributed by atoms with E-state index in [0.717, 1.165) is 0 Å². The lowest BCUT2D eigenvalue weighted by molar-refractivity contribution is -0.116. The molecule has 7 heteroatoms. The van der Waals surface area contributed by atoms with Gasteiger partial charge in [-0.05, 0) is 36.4 Å². The molecule has 0 radical (unpaired) electrons. The summed E-state index contributed by atoms with van der Waals surface area (Å²) in [6.07, 6.45) is 0. The standard InChI is InChI=1S/C22H16F2N2O3/c23-22(24)29-19-12-6-3-9-16(19)25-20(27)13-26-17-10-4-1-7-14(17)21(28)15-8-2-5-11-18(15)26/h1-12,22H,13H2,(H,25,27). The second-order valence-electron chi connectivity index (χ2n) is 6.37. The minimum absolute atomic E-state index is 0.107. The predicted octanol–water partition coefficient (Wildman–Crippen LogP) is 4.39. The number of rotatable bonds is 5. The molecule has 0 unspecified atom stereocenters. The number of hydrogen-bond acceptors (Lipinski definition) is 3. The molecule has 0 aliphatic heterocycles. The smallest absolute Gasteiger partial charge is 0.387 e. The van der Waals surface area contributed by atoms with Crippen LogP contribution in [0.4, 0.5) is 14.5 Å². The maximum Gasteiger partial charge on any atom is 0.387 e. The van der Waals surface area contributed by atoms with E-state index in [1.165, 1.54) is 18.2 Å². The highest BCUT2D eigenvalue weighted by atomic mass is 19.3.